The minimum atomic E-state index is -0.881. The molecule has 4 rings (SSSR count). The first-order valence-corrected chi connectivity index (χ1v) is 10.3. The van der Waals surface area contributed by atoms with E-state index < -0.39 is 17.8 Å². The molecule has 0 unspecified atom stereocenters. The Balaban J connectivity index is 1.64. The summed E-state index contributed by atoms with van der Waals surface area (Å²) < 4.78 is 13.4. The number of urea groups is 1. The van der Waals surface area contributed by atoms with Gasteiger partial charge in [0.05, 0.1) is 10.7 Å². The van der Waals surface area contributed by atoms with Crippen molar-refractivity contribution in [3.05, 3.63) is 105 Å². The number of benzene rings is 3. The number of rotatable bonds is 4. The summed E-state index contributed by atoms with van der Waals surface area (Å²) in [6.45, 7) is 0. The van der Waals surface area contributed by atoms with Gasteiger partial charge < -0.3 is 0 Å². The number of amides is 4. The fraction of sp³-hybridized carbons (Fsp3) is 0.0417. The lowest BCUT2D eigenvalue weighted by Gasteiger charge is -2.27. The van der Waals surface area contributed by atoms with Crippen LogP contribution in [0, 0.1) is 5.82 Å². The van der Waals surface area contributed by atoms with E-state index in [0.29, 0.717) is 17.0 Å². The molecular formula is C24H15Cl2FN2O3. The zero-order chi connectivity index (χ0) is 22.8. The largest absolute Gasteiger partial charge is 0.335 e. The minimum Gasteiger partial charge on any atom is -0.273 e. The molecule has 1 fully saturated rings. The van der Waals surface area contributed by atoms with E-state index in [1.54, 1.807) is 42.5 Å². The average Bonchev–Trinajstić information content (AvgIpc) is 2.74. The Morgan fingerprint density at radius 3 is 2.41 bits per heavy atom. The SMILES string of the molecule is O=C1NC(=O)N(c2ccccc2Cl)C(=O)/C1=C/c1ccc(Cc2cccc(F)c2)c(Cl)c1. The summed E-state index contributed by atoms with van der Waals surface area (Å²) in [6, 6.07) is 16.7. The second-order valence-corrected chi connectivity index (χ2v) is 7.88. The molecule has 0 radical (unpaired) electrons. The molecule has 32 heavy (non-hydrogen) atoms. The van der Waals surface area contributed by atoms with Gasteiger partial charge in [-0.2, -0.15) is 0 Å². The lowest BCUT2D eigenvalue weighted by Crippen LogP contribution is -2.54. The molecule has 1 heterocycles. The molecule has 1 aliphatic rings. The van der Waals surface area contributed by atoms with Crippen molar-refractivity contribution in [3.8, 4) is 0 Å². The zero-order valence-electron chi connectivity index (χ0n) is 16.4. The third kappa shape index (κ3) is 4.42. The van der Waals surface area contributed by atoms with E-state index in [1.165, 1.54) is 30.3 Å². The lowest BCUT2D eigenvalue weighted by molar-refractivity contribution is -0.122. The molecule has 4 amide bonds. The number of nitrogens with one attached hydrogen (secondary N) is 1. The van der Waals surface area contributed by atoms with Crippen molar-refractivity contribution >= 4 is 52.8 Å². The molecule has 8 heteroatoms. The van der Waals surface area contributed by atoms with Gasteiger partial charge in [0.25, 0.3) is 11.8 Å². The van der Waals surface area contributed by atoms with Crippen LogP contribution in [0.15, 0.2) is 72.3 Å². The summed E-state index contributed by atoms with van der Waals surface area (Å²) in [5.74, 6) is -1.95. The number of hydrogen-bond donors (Lipinski definition) is 1. The molecule has 3 aromatic carbocycles. The Hall–Kier alpha value is -3.48. The molecule has 1 N–H and O–H groups in total. The van der Waals surface area contributed by atoms with E-state index in [9.17, 15) is 18.8 Å². The molecule has 5 nitrogen and oxygen atoms in total. The molecule has 1 aliphatic heterocycles. The first-order chi connectivity index (χ1) is 15.3. The number of carbonyl (C=O) groups excluding carboxylic acids is 3. The summed E-state index contributed by atoms with van der Waals surface area (Å²) in [4.78, 5) is 38.5. The van der Waals surface area contributed by atoms with Crippen molar-refractivity contribution in [2.75, 3.05) is 4.90 Å². The highest BCUT2D eigenvalue weighted by atomic mass is 35.5. The Bertz CT molecular complexity index is 1290. The maximum Gasteiger partial charge on any atom is 0.335 e. The quantitative estimate of drug-likeness (QED) is 0.412. The van der Waals surface area contributed by atoms with Crippen LogP contribution < -0.4 is 10.2 Å². The Morgan fingerprint density at radius 2 is 1.69 bits per heavy atom. The summed E-state index contributed by atoms with van der Waals surface area (Å²) in [5, 5.41) is 2.74. The third-order valence-corrected chi connectivity index (χ3v) is 5.54. The smallest absolute Gasteiger partial charge is 0.273 e. The Morgan fingerprint density at radius 1 is 0.906 bits per heavy atom. The van der Waals surface area contributed by atoms with Crippen LogP contribution in [-0.2, 0) is 16.0 Å². The number of imide groups is 2. The number of anilines is 1. The maximum absolute atomic E-state index is 13.4. The lowest BCUT2D eigenvalue weighted by atomic mass is 10.0. The number of barbiturate groups is 1. The van der Waals surface area contributed by atoms with Crippen molar-refractivity contribution in [1.29, 1.82) is 0 Å². The number of carbonyl (C=O) groups is 3. The minimum absolute atomic E-state index is 0.165. The topological polar surface area (TPSA) is 66.5 Å². The second kappa shape index (κ2) is 8.94. The molecule has 1 saturated heterocycles. The van der Waals surface area contributed by atoms with Gasteiger partial charge in [0.15, 0.2) is 0 Å². The number of para-hydroxylation sites is 1. The molecule has 0 bridgehead atoms. The summed E-state index contributed by atoms with van der Waals surface area (Å²) in [6.07, 6.45) is 1.77. The van der Waals surface area contributed by atoms with Crippen LogP contribution in [0.2, 0.25) is 10.0 Å². The van der Waals surface area contributed by atoms with Crippen molar-refractivity contribution < 1.29 is 18.8 Å². The van der Waals surface area contributed by atoms with Crippen LogP contribution in [0.3, 0.4) is 0 Å². The maximum atomic E-state index is 13.4. The van der Waals surface area contributed by atoms with E-state index in [2.05, 4.69) is 5.32 Å². The van der Waals surface area contributed by atoms with E-state index in [1.807, 2.05) is 0 Å². The van der Waals surface area contributed by atoms with E-state index >= 15 is 0 Å². The van der Waals surface area contributed by atoms with Crippen molar-refractivity contribution in [3.63, 3.8) is 0 Å². The highest BCUT2D eigenvalue weighted by Gasteiger charge is 2.37. The summed E-state index contributed by atoms with van der Waals surface area (Å²) in [7, 11) is 0. The third-order valence-electron chi connectivity index (χ3n) is 4.87. The Labute approximate surface area is 193 Å². The van der Waals surface area contributed by atoms with Gasteiger partial charge in [-0.25, -0.2) is 14.1 Å². The molecule has 0 atom stereocenters. The number of nitrogens with zero attached hydrogens (tertiary/aromatic N) is 1. The first-order valence-electron chi connectivity index (χ1n) is 9.52. The van der Waals surface area contributed by atoms with Gasteiger partial charge in [0.1, 0.15) is 11.4 Å². The van der Waals surface area contributed by atoms with Crippen molar-refractivity contribution in [1.82, 2.24) is 5.32 Å². The van der Waals surface area contributed by atoms with Crippen LogP contribution in [-0.4, -0.2) is 17.8 Å². The standard InChI is InChI=1S/C24H15Cl2FN2O3/c25-19-6-1-2-7-21(19)29-23(31)18(22(30)28-24(29)32)12-15-8-9-16(20(26)13-15)10-14-4-3-5-17(27)11-14/h1-9,11-13H,10H2,(H,28,30,32)/b18-12+. The van der Waals surface area contributed by atoms with Crippen LogP contribution in [0.5, 0.6) is 0 Å². The Kier molecular flexibility index (Phi) is 6.08. The van der Waals surface area contributed by atoms with Gasteiger partial charge in [-0.3, -0.25) is 14.9 Å². The first kappa shape index (κ1) is 21.7. The van der Waals surface area contributed by atoms with E-state index in [-0.39, 0.29) is 22.1 Å². The van der Waals surface area contributed by atoms with Crippen LogP contribution in [0.1, 0.15) is 16.7 Å². The second-order valence-electron chi connectivity index (χ2n) is 7.07. The van der Waals surface area contributed by atoms with Gasteiger partial charge in [-0.15, -0.1) is 0 Å². The monoisotopic (exact) mass is 468 g/mol. The highest BCUT2D eigenvalue weighted by molar-refractivity contribution is 6.42. The predicted octanol–water partition coefficient (Wildman–Crippen LogP) is 5.39. The fourth-order valence-corrected chi connectivity index (χ4v) is 3.82. The van der Waals surface area contributed by atoms with Gasteiger partial charge in [0, 0.05) is 5.02 Å². The average molecular weight is 469 g/mol. The molecule has 0 saturated carbocycles. The number of halogens is 3. The number of hydrogen-bond acceptors (Lipinski definition) is 3. The van der Waals surface area contributed by atoms with Crippen molar-refractivity contribution in [2.24, 2.45) is 0 Å². The molecule has 0 spiro atoms. The molecule has 0 aromatic heterocycles. The highest BCUT2D eigenvalue weighted by Crippen LogP contribution is 2.29. The van der Waals surface area contributed by atoms with Gasteiger partial charge in [0.2, 0.25) is 0 Å². The normalized spacial score (nSPS) is 15.3. The van der Waals surface area contributed by atoms with Gasteiger partial charge >= 0.3 is 6.03 Å². The molecule has 3 aromatic rings. The van der Waals surface area contributed by atoms with Crippen LogP contribution in [0.25, 0.3) is 6.08 Å². The zero-order valence-corrected chi connectivity index (χ0v) is 18.0. The van der Waals surface area contributed by atoms with Gasteiger partial charge in [-0.05, 0) is 59.5 Å². The van der Waals surface area contributed by atoms with E-state index in [0.717, 1.165) is 16.0 Å². The van der Waals surface area contributed by atoms with Crippen LogP contribution >= 0.6 is 23.2 Å². The van der Waals surface area contributed by atoms with Crippen LogP contribution in [0.4, 0.5) is 14.9 Å². The predicted molar refractivity (Wildman–Crippen MR) is 121 cm³/mol. The fourth-order valence-electron chi connectivity index (χ4n) is 3.34. The molecular weight excluding hydrogens is 454 g/mol. The molecule has 0 aliphatic carbocycles. The van der Waals surface area contributed by atoms with E-state index in [4.69, 9.17) is 23.2 Å². The van der Waals surface area contributed by atoms with Crippen molar-refractivity contribution in [2.45, 2.75) is 6.42 Å². The van der Waals surface area contributed by atoms with Gasteiger partial charge in [-0.1, -0.05) is 59.6 Å². The molecule has 160 valence electrons. The summed E-state index contributed by atoms with van der Waals surface area (Å²) >= 11 is 12.5. The summed E-state index contributed by atoms with van der Waals surface area (Å²) in [5.41, 5.74) is 1.93.